The summed E-state index contributed by atoms with van der Waals surface area (Å²) < 4.78 is 1.06. The molecule has 4 nitrogen and oxygen atoms in total. The fourth-order valence-corrected chi connectivity index (χ4v) is 3.83. The van der Waals surface area contributed by atoms with Crippen LogP contribution in [0, 0.1) is 24.0 Å². The Labute approximate surface area is 130 Å². The topological polar surface area (TPSA) is 55.2 Å². The lowest BCUT2D eigenvalue weighted by molar-refractivity contribution is -0.385. The van der Waals surface area contributed by atoms with E-state index in [-0.39, 0.29) is 16.7 Å². The Hall–Kier alpha value is -1.40. The van der Waals surface area contributed by atoms with E-state index in [1.165, 1.54) is 4.88 Å². The summed E-state index contributed by atoms with van der Waals surface area (Å²) in [5.74, 6) is 0. The van der Waals surface area contributed by atoms with Crippen LogP contribution in [-0.4, -0.2) is 4.92 Å². The molecule has 20 heavy (non-hydrogen) atoms. The molecule has 1 aromatic carbocycles. The highest BCUT2D eigenvalue weighted by molar-refractivity contribution is 9.10. The van der Waals surface area contributed by atoms with Crippen LogP contribution < -0.4 is 5.32 Å². The van der Waals surface area contributed by atoms with Gasteiger partial charge in [-0.1, -0.05) is 0 Å². The Morgan fingerprint density at radius 2 is 2.05 bits per heavy atom. The summed E-state index contributed by atoms with van der Waals surface area (Å²) >= 11 is 5.16. The first-order chi connectivity index (χ1) is 9.40. The number of nitrogens with one attached hydrogen (secondary N) is 1. The van der Waals surface area contributed by atoms with Crippen LogP contribution >= 0.6 is 27.3 Å². The highest BCUT2D eigenvalue weighted by Crippen LogP contribution is 2.33. The molecule has 1 unspecified atom stereocenters. The van der Waals surface area contributed by atoms with Crippen molar-refractivity contribution in [1.82, 2.24) is 0 Å². The van der Waals surface area contributed by atoms with Crippen molar-refractivity contribution >= 4 is 38.6 Å². The van der Waals surface area contributed by atoms with Crippen LogP contribution in [0.1, 0.15) is 29.0 Å². The molecule has 0 aliphatic rings. The first-order valence-electron chi connectivity index (χ1n) is 6.15. The maximum atomic E-state index is 11.0. The van der Waals surface area contributed by atoms with Crippen LogP contribution in [0.5, 0.6) is 0 Å². The summed E-state index contributed by atoms with van der Waals surface area (Å²) in [4.78, 5) is 11.9. The highest BCUT2D eigenvalue weighted by Gasteiger charge is 2.16. The third-order valence-electron chi connectivity index (χ3n) is 3.15. The number of nitro benzene ring substituents is 1. The Kier molecular flexibility index (Phi) is 4.45. The SMILES string of the molecule is Cc1cc(C)c([N+](=O)[O-])cc1NC(C)c1sccc1Br. The zero-order valence-electron chi connectivity index (χ0n) is 11.4. The number of hydrogen-bond acceptors (Lipinski definition) is 4. The number of nitrogens with zero attached hydrogens (tertiary/aromatic N) is 1. The lowest BCUT2D eigenvalue weighted by Gasteiger charge is -2.17. The van der Waals surface area contributed by atoms with E-state index in [1.54, 1.807) is 24.3 Å². The van der Waals surface area contributed by atoms with Crippen molar-refractivity contribution in [3.05, 3.63) is 54.2 Å². The molecule has 0 aliphatic heterocycles. The molecule has 2 aromatic rings. The first kappa shape index (κ1) is 15.0. The summed E-state index contributed by atoms with van der Waals surface area (Å²) in [6.45, 7) is 5.76. The molecule has 0 spiro atoms. The van der Waals surface area contributed by atoms with Gasteiger partial charge in [0.15, 0.2) is 0 Å². The van der Waals surface area contributed by atoms with Gasteiger partial charge in [0.05, 0.1) is 11.0 Å². The minimum atomic E-state index is -0.342. The van der Waals surface area contributed by atoms with Crippen molar-refractivity contribution in [3.8, 4) is 0 Å². The van der Waals surface area contributed by atoms with E-state index in [0.717, 1.165) is 15.7 Å². The van der Waals surface area contributed by atoms with E-state index in [9.17, 15) is 10.1 Å². The van der Waals surface area contributed by atoms with Gasteiger partial charge in [-0.25, -0.2) is 0 Å². The van der Waals surface area contributed by atoms with Crippen molar-refractivity contribution in [2.45, 2.75) is 26.8 Å². The maximum Gasteiger partial charge on any atom is 0.274 e. The standard InChI is InChI=1S/C14H15BrN2O2S/c1-8-6-9(2)13(17(18)19)7-12(8)16-10(3)14-11(15)4-5-20-14/h4-7,10,16H,1-3H3. The molecule has 2 rings (SSSR count). The highest BCUT2D eigenvalue weighted by atomic mass is 79.9. The summed E-state index contributed by atoms with van der Waals surface area (Å²) in [5.41, 5.74) is 2.64. The van der Waals surface area contributed by atoms with E-state index < -0.39 is 0 Å². The van der Waals surface area contributed by atoms with E-state index in [4.69, 9.17) is 0 Å². The van der Waals surface area contributed by atoms with E-state index >= 15 is 0 Å². The third-order valence-corrected chi connectivity index (χ3v) is 5.20. The van der Waals surface area contributed by atoms with Gasteiger partial charge in [-0.15, -0.1) is 11.3 Å². The molecular weight excluding hydrogens is 340 g/mol. The van der Waals surface area contributed by atoms with Crippen LogP contribution in [0.4, 0.5) is 11.4 Å². The minimum absolute atomic E-state index is 0.0883. The van der Waals surface area contributed by atoms with Gasteiger partial charge in [0.2, 0.25) is 0 Å². The molecule has 0 amide bonds. The molecule has 1 heterocycles. The maximum absolute atomic E-state index is 11.0. The first-order valence-corrected chi connectivity index (χ1v) is 7.82. The van der Waals surface area contributed by atoms with Gasteiger partial charge in [0.25, 0.3) is 5.69 Å². The van der Waals surface area contributed by atoms with Gasteiger partial charge >= 0.3 is 0 Å². The smallest absolute Gasteiger partial charge is 0.274 e. The Balaban J connectivity index is 2.32. The summed E-state index contributed by atoms with van der Waals surface area (Å²) in [6.07, 6.45) is 0. The Morgan fingerprint density at radius 3 is 2.60 bits per heavy atom. The van der Waals surface area contributed by atoms with Crippen LogP contribution in [0.3, 0.4) is 0 Å². The number of halogens is 1. The number of thiophene rings is 1. The minimum Gasteiger partial charge on any atom is -0.377 e. The van der Waals surface area contributed by atoms with Crippen molar-refractivity contribution in [2.24, 2.45) is 0 Å². The lowest BCUT2D eigenvalue weighted by atomic mass is 10.1. The number of nitro groups is 1. The molecule has 1 N–H and O–H groups in total. The number of rotatable bonds is 4. The molecule has 0 saturated carbocycles. The van der Waals surface area contributed by atoms with Crippen molar-refractivity contribution in [1.29, 1.82) is 0 Å². The van der Waals surface area contributed by atoms with E-state index in [2.05, 4.69) is 21.2 Å². The monoisotopic (exact) mass is 354 g/mol. The summed E-state index contributed by atoms with van der Waals surface area (Å²) in [7, 11) is 0. The molecule has 0 radical (unpaired) electrons. The molecule has 106 valence electrons. The summed E-state index contributed by atoms with van der Waals surface area (Å²) in [5, 5.41) is 16.4. The number of anilines is 1. The third kappa shape index (κ3) is 3.02. The fraction of sp³-hybridized carbons (Fsp3) is 0.286. The van der Waals surface area contributed by atoms with Gasteiger partial charge in [0.1, 0.15) is 0 Å². The second-order valence-electron chi connectivity index (χ2n) is 4.71. The molecular formula is C14H15BrN2O2S. The molecule has 0 aliphatic carbocycles. The van der Waals surface area contributed by atoms with Crippen LogP contribution in [0.25, 0.3) is 0 Å². The second kappa shape index (κ2) is 5.93. The van der Waals surface area contributed by atoms with Gasteiger partial charge < -0.3 is 5.32 Å². The number of hydrogen-bond donors (Lipinski definition) is 1. The molecule has 0 bridgehead atoms. The fourth-order valence-electron chi connectivity index (χ4n) is 2.11. The number of benzene rings is 1. The quantitative estimate of drug-likeness (QED) is 0.605. The van der Waals surface area contributed by atoms with Crippen LogP contribution in [-0.2, 0) is 0 Å². The molecule has 1 aromatic heterocycles. The lowest BCUT2D eigenvalue weighted by Crippen LogP contribution is -2.07. The van der Waals surface area contributed by atoms with Crippen molar-refractivity contribution in [3.63, 3.8) is 0 Å². The molecule has 6 heteroatoms. The molecule has 0 fully saturated rings. The Bertz CT molecular complexity index is 655. The Morgan fingerprint density at radius 1 is 1.35 bits per heavy atom. The van der Waals surface area contributed by atoms with E-state index in [0.29, 0.717) is 5.56 Å². The summed E-state index contributed by atoms with van der Waals surface area (Å²) in [6, 6.07) is 5.55. The van der Waals surface area contributed by atoms with Gasteiger partial charge in [-0.2, -0.15) is 0 Å². The van der Waals surface area contributed by atoms with Crippen LogP contribution in [0.2, 0.25) is 0 Å². The van der Waals surface area contributed by atoms with Gasteiger partial charge in [0, 0.05) is 26.7 Å². The zero-order valence-corrected chi connectivity index (χ0v) is 13.8. The van der Waals surface area contributed by atoms with Crippen molar-refractivity contribution < 1.29 is 4.92 Å². The van der Waals surface area contributed by atoms with Gasteiger partial charge in [-0.05, 0) is 59.8 Å². The number of aryl methyl sites for hydroxylation is 2. The van der Waals surface area contributed by atoms with E-state index in [1.807, 2.05) is 31.4 Å². The molecule has 0 saturated heterocycles. The average Bonchev–Trinajstić information content (AvgIpc) is 2.78. The normalized spacial score (nSPS) is 12.2. The second-order valence-corrected chi connectivity index (χ2v) is 6.51. The zero-order chi connectivity index (χ0) is 14.9. The largest absolute Gasteiger partial charge is 0.377 e. The van der Waals surface area contributed by atoms with Crippen LogP contribution in [0.15, 0.2) is 28.1 Å². The molecule has 1 atom stereocenters. The predicted molar refractivity (Wildman–Crippen MR) is 86.6 cm³/mol. The average molecular weight is 355 g/mol. The van der Waals surface area contributed by atoms with Crippen molar-refractivity contribution in [2.75, 3.05) is 5.32 Å². The predicted octanol–water partition coefficient (Wildman–Crippen LogP) is 5.21. The van der Waals surface area contributed by atoms with Gasteiger partial charge in [-0.3, -0.25) is 10.1 Å².